The Bertz CT molecular complexity index is 816. The predicted octanol–water partition coefficient (Wildman–Crippen LogP) is 0.576. The van der Waals surface area contributed by atoms with E-state index in [4.69, 9.17) is 0 Å². The smallest absolute Gasteiger partial charge is 0.258 e. The summed E-state index contributed by atoms with van der Waals surface area (Å²) in [5.41, 5.74) is 0.254. The molecule has 7 nitrogen and oxygen atoms in total. The summed E-state index contributed by atoms with van der Waals surface area (Å²) in [5.74, 6) is 0.547. The number of carbonyl (C=O) groups is 3. The third kappa shape index (κ3) is 2.55. The molecule has 3 amide bonds. The van der Waals surface area contributed by atoms with Gasteiger partial charge < -0.3 is 9.80 Å². The number of nitrogens with zero attached hydrogens (tertiary/aromatic N) is 3. The van der Waals surface area contributed by atoms with Gasteiger partial charge in [-0.3, -0.25) is 23.5 Å². The van der Waals surface area contributed by atoms with Crippen molar-refractivity contribution in [1.82, 2.24) is 9.80 Å². The first-order valence-corrected chi connectivity index (χ1v) is 10.3. The molecule has 0 unspecified atom stereocenters. The lowest BCUT2D eigenvalue weighted by Gasteiger charge is -2.48. The zero-order valence-electron chi connectivity index (χ0n) is 14.6. The largest absolute Gasteiger partial charge is 0.339 e. The number of rotatable bonds is 2. The van der Waals surface area contributed by atoms with Crippen LogP contribution in [0.3, 0.4) is 0 Å². The fourth-order valence-electron chi connectivity index (χ4n) is 4.06. The van der Waals surface area contributed by atoms with Crippen LogP contribution in [0.25, 0.3) is 0 Å². The summed E-state index contributed by atoms with van der Waals surface area (Å²) in [6, 6.07) is 7.06. The quantitative estimate of drug-likeness (QED) is 0.757. The molecule has 0 spiro atoms. The summed E-state index contributed by atoms with van der Waals surface area (Å²) in [7, 11) is -0.866. The first-order chi connectivity index (χ1) is 12.4. The van der Waals surface area contributed by atoms with E-state index < -0.39 is 16.5 Å². The molecule has 138 valence electrons. The second kappa shape index (κ2) is 6.19. The Hall–Kier alpha value is -2.22. The van der Waals surface area contributed by atoms with Gasteiger partial charge in [-0.05, 0) is 25.5 Å². The molecular formula is C18H21N3O4S. The monoisotopic (exact) mass is 375 g/mol. The number of fused-ring (bicyclic) bond motifs is 3. The molecule has 1 atom stereocenters. The van der Waals surface area contributed by atoms with Crippen LogP contribution in [0.15, 0.2) is 24.3 Å². The molecule has 8 heteroatoms. The van der Waals surface area contributed by atoms with Crippen LogP contribution in [0.1, 0.15) is 30.1 Å². The second-order valence-electron chi connectivity index (χ2n) is 7.08. The molecule has 0 aromatic heterocycles. The predicted molar refractivity (Wildman–Crippen MR) is 97.1 cm³/mol. The lowest BCUT2D eigenvalue weighted by atomic mass is 9.98. The molecule has 0 bridgehead atoms. The normalized spacial score (nSPS) is 26.1. The average Bonchev–Trinajstić information content (AvgIpc) is 2.95. The number of benzene rings is 1. The van der Waals surface area contributed by atoms with Crippen LogP contribution < -0.4 is 4.90 Å². The molecule has 3 aliphatic rings. The van der Waals surface area contributed by atoms with E-state index in [1.54, 1.807) is 28.0 Å². The summed E-state index contributed by atoms with van der Waals surface area (Å²) in [5, 5.41) is 0. The molecule has 0 aliphatic carbocycles. The Morgan fingerprint density at radius 2 is 1.88 bits per heavy atom. The van der Waals surface area contributed by atoms with Crippen LogP contribution >= 0.6 is 0 Å². The molecule has 0 saturated carbocycles. The fourth-order valence-corrected chi connectivity index (χ4v) is 5.12. The summed E-state index contributed by atoms with van der Waals surface area (Å²) in [4.78, 5) is 43.3. The maximum Gasteiger partial charge on any atom is 0.258 e. The molecule has 2 fully saturated rings. The third-order valence-corrected chi connectivity index (χ3v) is 6.85. The molecule has 2 saturated heterocycles. The van der Waals surface area contributed by atoms with Crippen molar-refractivity contribution in [3.63, 3.8) is 0 Å². The van der Waals surface area contributed by atoms with Crippen molar-refractivity contribution in [3.8, 4) is 0 Å². The van der Waals surface area contributed by atoms with Gasteiger partial charge in [0, 0.05) is 41.8 Å². The highest BCUT2D eigenvalue weighted by molar-refractivity contribution is 7.85. The zero-order chi connectivity index (χ0) is 18.5. The van der Waals surface area contributed by atoms with Crippen molar-refractivity contribution in [2.24, 2.45) is 0 Å². The molecule has 1 aromatic carbocycles. The van der Waals surface area contributed by atoms with Gasteiger partial charge >= 0.3 is 0 Å². The van der Waals surface area contributed by atoms with Gasteiger partial charge in [-0.25, -0.2) is 0 Å². The average molecular weight is 375 g/mol. The molecular weight excluding hydrogens is 354 g/mol. The number of anilines is 1. The Morgan fingerprint density at radius 1 is 1.19 bits per heavy atom. The van der Waals surface area contributed by atoms with E-state index in [-0.39, 0.29) is 24.3 Å². The van der Waals surface area contributed by atoms with Crippen LogP contribution in [0, 0.1) is 0 Å². The van der Waals surface area contributed by atoms with E-state index in [1.807, 2.05) is 13.0 Å². The summed E-state index contributed by atoms with van der Waals surface area (Å²) in [6.07, 6.45) is 0.856. The van der Waals surface area contributed by atoms with Gasteiger partial charge in [0.25, 0.3) is 5.91 Å². The van der Waals surface area contributed by atoms with Crippen LogP contribution in [0.5, 0.6) is 0 Å². The topological polar surface area (TPSA) is 78.0 Å². The van der Waals surface area contributed by atoms with E-state index >= 15 is 0 Å². The van der Waals surface area contributed by atoms with Gasteiger partial charge in [0.15, 0.2) is 0 Å². The molecule has 26 heavy (non-hydrogen) atoms. The summed E-state index contributed by atoms with van der Waals surface area (Å²) >= 11 is 0. The first-order valence-electron chi connectivity index (χ1n) is 8.78. The van der Waals surface area contributed by atoms with Gasteiger partial charge in [0.1, 0.15) is 12.2 Å². The zero-order valence-corrected chi connectivity index (χ0v) is 15.5. The second-order valence-corrected chi connectivity index (χ2v) is 8.78. The minimum atomic E-state index is -0.866. The lowest BCUT2D eigenvalue weighted by molar-refractivity contribution is -0.133. The standard InChI is InChI=1S/C18H21N3O4S/c1-18-7-6-15(22)21(18)14-5-3-2-4-13(14)17(24)20(18)12-16(23)19-8-10-26(25)11-9-19/h2-5H,6-12H2,1H3/t18-/m1/s1. The highest BCUT2D eigenvalue weighted by Gasteiger charge is 2.53. The number of hydrogen-bond acceptors (Lipinski definition) is 4. The highest BCUT2D eigenvalue weighted by atomic mass is 32.2. The molecule has 4 rings (SSSR count). The first kappa shape index (κ1) is 17.2. The minimum Gasteiger partial charge on any atom is -0.339 e. The Kier molecular flexibility index (Phi) is 4.10. The van der Waals surface area contributed by atoms with Crippen molar-refractivity contribution < 1.29 is 18.6 Å². The number of hydrogen-bond donors (Lipinski definition) is 0. The molecule has 1 aromatic rings. The Labute approximate surface area is 154 Å². The lowest BCUT2D eigenvalue weighted by Crippen LogP contribution is -2.64. The van der Waals surface area contributed by atoms with Crippen molar-refractivity contribution in [2.45, 2.75) is 25.4 Å². The van der Waals surface area contributed by atoms with Crippen molar-refractivity contribution in [3.05, 3.63) is 29.8 Å². The fraction of sp³-hybridized carbons (Fsp3) is 0.500. The molecule has 0 N–H and O–H groups in total. The van der Waals surface area contributed by atoms with Gasteiger partial charge in [-0.2, -0.15) is 0 Å². The van der Waals surface area contributed by atoms with Crippen molar-refractivity contribution in [2.75, 3.05) is 36.0 Å². The van der Waals surface area contributed by atoms with Crippen LogP contribution in [0.2, 0.25) is 0 Å². The Balaban J connectivity index is 1.65. The van der Waals surface area contributed by atoms with Crippen LogP contribution in [-0.4, -0.2) is 68.5 Å². The van der Waals surface area contributed by atoms with E-state index in [1.165, 1.54) is 4.90 Å². The highest BCUT2D eigenvalue weighted by Crippen LogP contribution is 2.43. The van der Waals surface area contributed by atoms with Crippen LogP contribution in [-0.2, 0) is 20.4 Å². The van der Waals surface area contributed by atoms with E-state index in [2.05, 4.69) is 0 Å². The van der Waals surface area contributed by atoms with Gasteiger partial charge in [0.05, 0.1) is 11.3 Å². The summed E-state index contributed by atoms with van der Waals surface area (Å²) < 4.78 is 11.5. The van der Waals surface area contributed by atoms with E-state index in [0.29, 0.717) is 48.7 Å². The third-order valence-electron chi connectivity index (χ3n) is 5.57. The molecule has 0 radical (unpaired) electrons. The van der Waals surface area contributed by atoms with Gasteiger partial charge in [-0.15, -0.1) is 0 Å². The van der Waals surface area contributed by atoms with Crippen LogP contribution in [0.4, 0.5) is 5.69 Å². The molecule has 3 heterocycles. The number of carbonyl (C=O) groups excluding carboxylic acids is 3. The SMILES string of the molecule is C[C@]12CCC(=O)N1c1ccccc1C(=O)N2CC(=O)N1CCS(=O)CC1. The van der Waals surface area contributed by atoms with Crippen molar-refractivity contribution in [1.29, 1.82) is 0 Å². The number of amides is 3. The summed E-state index contributed by atoms with van der Waals surface area (Å²) in [6.45, 7) is 2.68. The Morgan fingerprint density at radius 3 is 2.62 bits per heavy atom. The van der Waals surface area contributed by atoms with Crippen molar-refractivity contribution >= 4 is 34.2 Å². The minimum absolute atomic E-state index is 0.0294. The van der Waals surface area contributed by atoms with Gasteiger partial charge in [0.2, 0.25) is 11.8 Å². The molecule has 3 aliphatic heterocycles. The van der Waals surface area contributed by atoms with Gasteiger partial charge in [-0.1, -0.05) is 12.1 Å². The maximum atomic E-state index is 13.1. The van der Waals surface area contributed by atoms with E-state index in [9.17, 15) is 18.6 Å². The maximum absolute atomic E-state index is 13.1. The number of para-hydroxylation sites is 1. The van der Waals surface area contributed by atoms with E-state index in [0.717, 1.165) is 0 Å².